The highest BCUT2D eigenvalue weighted by Crippen LogP contribution is 2.33. The van der Waals surface area contributed by atoms with Gasteiger partial charge in [-0.3, -0.25) is 0 Å². The number of ether oxygens (including phenoxy) is 1. The van der Waals surface area contributed by atoms with E-state index in [1.165, 1.54) is 0 Å². The second-order valence-electron chi connectivity index (χ2n) is 5.69. The summed E-state index contributed by atoms with van der Waals surface area (Å²) in [6.45, 7) is 11.7. The van der Waals surface area contributed by atoms with Crippen LogP contribution in [0.3, 0.4) is 0 Å². The molecular formula is C13H22N2O2S. The maximum absolute atomic E-state index is 9.70. The summed E-state index contributed by atoms with van der Waals surface area (Å²) in [6.07, 6.45) is -0.240. The molecule has 102 valence electrons. The fourth-order valence-corrected chi connectivity index (χ4v) is 3.53. The molecule has 1 aliphatic heterocycles. The highest BCUT2D eigenvalue weighted by atomic mass is 32.1. The Hall–Kier alpha value is -0.650. The first-order chi connectivity index (χ1) is 8.28. The lowest BCUT2D eigenvalue weighted by molar-refractivity contribution is -0.0749. The topological polar surface area (TPSA) is 45.6 Å². The molecule has 0 aliphatic carbocycles. The summed E-state index contributed by atoms with van der Waals surface area (Å²) in [5.41, 5.74) is 0.782. The van der Waals surface area contributed by atoms with Crippen LogP contribution in [0.1, 0.15) is 44.4 Å². The SMILES string of the molecule is Cc1nc(N2CC(C)OC(C)(C)C2)sc1C(C)O. The Kier molecular flexibility index (Phi) is 3.67. The van der Waals surface area contributed by atoms with Crippen molar-refractivity contribution in [1.82, 2.24) is 4.98 Å². The van der Waals surface area contributed by atoms with Crippen molar-refractivity contribution in [2.75, 3.05) is 18.0 Å². The van der Waals surface area contributed by atoms with Crippen LogP contribution in [0.4, 0.5) is 5.13 Å². The molecule has 2 heterocycles. The number of rotatable bonds is 2. The molecule has 1 saturated heterocycles. The van der Waals surface area contributed by atoms with Crippen LogP contribution in [0.2, 0.25) is 0 Å². The number of aliphatic hydroxyl groups excluding tert-OH is 1. The average molecular weight is 270 g/mol. The minimum atomic E-state index is -0.442. The van der Waals surface area contributed by atoms with E-state index in [9.17, 15) is 5.11 Å². The third kappa shape index (κ3) is 2.84. The molecule has 0 radical (unpaired) electrons. The van der Waals surface area contributed by atoms with E-state index < -0.39 is 6.10 Å². The van der Waals surface area contributed by atoms with Crippen LogP contribution < -0.4 is 4.90 Å². The van der Waals surface area contributed by atoms with E-state index in [1.54, 1.807) is 18.3 Å². The lowest BCUT2D eigenvalue weighted by Gasteiger charge is -2.41. The van der Waals surface area contributed by atoms with Gasteiger partial charge < -0.3 is 14.7 Å². The number of nitrogens with zero attached hydrogens (tertiary/aromatic N) is 2. The van der Waals surface area contributed by atoms with Crippen molar-refractivity contribution in [1.29, 1.82) is 0 Å². The maximum atomic E-state index is 9.70. The van der Waals surface area contributed by atoms with Crippen molar-refractivity contribution in [2.45, 2.75) is 52.4 Å². The first-order valence-electron chi connectivity index (χ1n) is 6.36. The van der Waals surface area contributed by atoms with Gasteiger partial charge in [0.25, 0.3) is 0 Å². The molecule has 1 fully saturated rings. The molecule has 1 N–H and O–H groups in total. The number of aliphatic hydroxyl groups is 1. The Balaban J connectivity index is 2.23. The second-order valence-corrected chi connectivity index (χ2v) is 6.70. The Bertz CT molecular complexity index is 429. The van der Waals surface area contributed by atoms with E-state index in [1.807, 2.05) is 6.92 Å². The summed E-state index contributed by atoms with van der Waals surface area (Å²) >= 11 is 1.59. The molecule has 2 unspecified atom stereocenters. The van der Waals surface area contributed by atoms with E-state index in [2.05, 4.69) is 30.7 Å². The highest BCUT2D eigenvalue weighted by Gasteiger charge is 2.33. The summed E-state index contributed by atoms with van der Waals surface area (Å²) in [4.78, 5) is 7.81. The monoisotopic (exact) mass is 270 g/mol. The molecule has 0 spiro atoms. The van der Waals surface area contributed by atoms with Gasteiger partial charge in [0.2, 0.25) is 0 Å². The van der Waals surface area contributed by atoms with Crippen LogP contribution in [-0.4, -0.2) is 34.9 Å². The largest absolute Gasteiger partial charge is 0.388 e. The highest BCUT2D eigenvalue weighted by molar-refractivity contribution is 7.15. The van der Waals surface area contributed by atoms with Crippen LogP contribution in [-0.2, 0) is 4.74 Å². The molecule has 4 nitrogen and oxygen atoms in total. The summed E-state index contributed by atoms with van der Waals surface area (Å²) in [5.74, 6) is 0. The Morgan fingerprint density at radius 1 is 1.56 bits per heavy atom. The molecular weight excluding hydrogens is 248 g/mol. The van der Waals surface area contributed by atoms with Crippen molar-refractivity contribution >= 4 is 16.5 Å². The predicted molar refractivity (Wildman–Crippen MR) is 74.3 cm³/mol. The van der Waals surface area contributed by atoms with Gasteiger partial charge in [-0.05, 0) is 34.6 Å². The molecule has 0 amide bonds. The lowest BCUT2D eigenvalue weighted by atomic mass is 10.1. The number of aryl methyl sites for hydroxylation is 1. The van der Waals surface area contributed by atoms with Crippen molar-refractivity contribution in [3.05, 3.63) is 10.6 Å². The fraction of sp³-hybridized carbons (Fsp3) is 0.769. The molecule has 2 atom stereocenters. The van der Waals surface area contributed by atoms with Gasteiger partial charge in [-0.1, -0.05) is 11.3 Å². The number of aromatic nitrogens is 1. The summed E-state index contributed by atoms with van der Waals surface area (Å²) in [7, 11) is 0. The molecule has 0 saturated carbocycles. The van der Waals surface area contributed by atoms with E-state index in [0.29, 0.717) is 0 Å². The van der Waals surface area contributed by atoms with E-state index in [4.69, 9.17) is 4.74 Å². The Morgan fingerprint density at radius 2 is 2.22 bits per heavy atom. The maximum Gasteiger partial charge on any atom is 0.186 e. The molecule has 0 aromatic carbocycles. The van der Waals surface area contributed by atoms with Gasteiger partial charge in [-0.25, -0.2) is 4.98 Å². The molecule has 5 heteroatoms. The fourth-order valence-electron chi connectivity index (χ4n) is 2.52. The quantitative estimate of drug-likeness (QED) is 0.897. The number of thiazole rings is 1. The van der Waals surface area contributed by atoms with Gasteiger partial charge in [0.05, 0.1) is 28.4 Å². The number of morpholine rings is 1. The summed E-state index contributed by atoms with van der Waals surface area (Å²) in [5, 5.41) is 10.7. The first kappa shape index (κ1) is 13.8. The first-order valence-corrected chi connectivity index (χ1v) is 7.18. The van der Waals surface area contributed by atoms with Gasteiger partial charge in [0, 0.05) is 13.1 Å². The molecule has 18 heavy (non-hydrogen) atoms. The normalized spacial score (nSPS) is 25.2. The van der Waals surface area contributed by atoms with Crippen molar-refractivity contribution < 1.29 is 9.84 Å². The average Bonchev–Trinajstić information content (AvgIpc) is 2.57. The number of hydrogen-bond donors (Lipinski definition) is 1. The van der Waals surface area contributed by atoms with Crippen LogP contribution in [0.15, 0.2) is 0 Å². The standard InChI is InChI=1S/C13H22N2O2S/c1-8-6-15(7-13(4,5)17-8)12-14-9(2)11(18-12)10(3)16/h8,10,16H,6-7H2,1-5H3. The molecule has 2 rings (SSSR count). The van der Waals surface area contributed by atoms with Crippen molar-refractivity contribution in [3.8, 4) is 0 Å². The number of hydrogen-bond acceptors (Lipinski definition) is 5. The Morgan fingerprint density at radius 3 is 2.72 bits per heavy atom. The zero-order chi connectivity index (χ0) is 13.5. The predicted octanol–water partition coefficient (Wildman–Crippen LogP) is 2.51. The zero-order valence-electron chi connectivity index (χ0n) is 11.7. The molecule has 1 aliphatic rings. The van der Waals surface area contributed by atoms with Crippen LogP contribution >= 0.6 is 11.3 Å². The van der Waals surface area contributed by atoms with Gasteiger partial charge in [-0.2, -0.15) is 0 Å². The summed E-state index contributed by atoms with van der Waals surface area (Å²) < 4.78 is 5.90. The summed E-state index contributed by atoms with van der Waals surface area (Å²) in [6, 6.07) is 0. The Labute approximate surface area is 113 Å². The van der Waals surface area contributed by atoms with Crippen molar-refractivity contribution in [3.63, 3.8) is 0 Å². The van der Waals surface area contributed by atoms with Crippen LogP contribution in [0.25, 0.3) is 0 Å². The minimum Gasteiger partial charge on any atom is -0.388 e. The second kappa shape index (κ2) is 4.79. The molecule has 1 aromatic rings. The lowest BCUT2D eigenvalue weighted by Crippen LogP contribution is -2.52. The van der Waals surface area contributed by atoms with Gasteiger partial charge in [-0.15, -0.1) is 0 Å². The third-order valence-corrected chi connectivity index (χ3v) is 4.43. The minimum absolute atomic E-state index is 0.151. The van der Waals surface area contributed by atoms with Gasteiger partial charge in [0.1, 0.15) is 0 Å². The number of anilines is 1. The van der Waals surface area contributed by atoms with Crippen LogP contribution in [0.5, 0.6) is 0 Å². The van der Waals surface area contributed by atoms with E-state index in [-0.39, 0.29) is 11.7 Å². The zero-order valence-corrected chi connectivity index (χ0v) is 12.5. The van der Waals surface area contributed by atoms with Crippen LogP contribution in [0, 0.1) is 6.92 Å². The smallest absolute Gasteiger partial charge is 0.186 e. The van der Waals surface area contributed by atoms with E-state index >= 15 is 0 Å². The van der Waals surface area contributed by atoms with E-state index in [0.717, 1.165) is 28.8 Å². The van der Waals surface area contributed by atoms with Crippen molar-refractivity contribution in [2.24, 2.45) is 0 Å². The molecule has 0 bridgehead atoms. The third-order valence-electron chi connectivity index (χ3n) is 3.04. The van der Waals surface area contributed by atoms with Gasteiger partial charge in [0.15, 0.2) is 5.13 Å². The molecule has 1 aromatic heterocycles. The van der Waals surface area contributed by atoms with Gasteiger partial charge >= 0.3 is 0 Å².